The molecule has 9 nitrogen and oxygen atoms in total. The van der Waals surface area contributed by atoms with Gasteiger partial charge in [-0.15, -0.1) is 11.3 Å². The van der Waals surface area contributed by atoms with Gasteiger partial charge in [0, 0.05) is 18.5 Å². The molecule has 3 aromatic carbocycles. The number of fused-ring (bicyclic) bond motifs is 1. The van der Waals surface area contributed by atoms with Crippen LogP contribution in [0.25, 0.3) is 20.8 Å². The first kappa shape index (κ1) is 30.5. The summed E-state index contributed by atoms with van der Waals surface area (Å²) in [6, 6.07) is 18.4. The van der Waals surface area contributed by atoms with Crippen LogP contribution in [0.5, 0.6) is 0 Å². The molecule has 1 aliphatic rings. The number of benzene rings is 3. The molecule has 2 N–H and O–H groups in total. The zero-order chi connectivity index (χ0) is 31.1. The van der Waals surface area contributed by atoms with Crippen molar-refractivity contribution in [3.05, 3.63) is 77.9 Å². The van der Waals surface area contributed by atoms with Gasteiger partial charge in [-0.05, 0) is 78.4 Å². The standard InChI is InChI=1S/C32H34N4O5S2/c1-20-5-14-25-27(17-20)42-30(34-25)22-8-10-23(11-9-22)36-28(37)18-26(31(36)39)35(29(38)19-32(2,3)4)16-15-21-6-12-24(13-7-21)43(33,40)41/h5-14,17,26H,15-16,18-19H2,1-4H3,(H2,33,40,41). The Kier molecular flexibility index (Phi) is 8.26. The number of imide groups is 1. The maximum Gasteiger partial charge on any atom is 0.257 e. The van der Waals surface area contributed by atoms with E-state index < -0.39 is 22.0 Å². The minimum Gasteiger partial charge on any atom is -0.330 e. The molecule has 5 rings (SSSR count). The first-order valence-corrected chi connectivity index (χ1v) is 16.3. The van der Waals surface area contributed by atoms with Crippen molar-refractivity contribution in [1.29, 1.82) is 0 Å². The number of rotatable bonds is 8. The molecule has 224 valence electrons. The largest absolute Gasteiger partial charge is 0.330 e. The Morgan fingerprint density at radius 2 is 1.72 bits per heavy atom. The minimum atomic E-state index is -3.83. The van der Waals surface area contributed by atoms with Crippen molar-refractivity contribution in [2.24, 2.45) is 10.6 Å². The Bertz CT molecular complexity index is 1810. The third kappa shape index (κ3) is 6.84. The second kappa shape index (κ2) is 11.6. The second-order valence-electron chi connectivity index (χ2n) is 12.1. The Morgan fingerprint density at radius 1 is 1.05 bits per heavy atom. The Morgan fingerprint density at radius 3 is 2.35 bits per heavy atom. The number of aryl methyl sites for hydroxylation is 1. The molecule has 1 aliphatic heterocycles. The second-order valence-corrected chi connectivity index (χ2v) is 14.7. The normalized spacial score (nSPS) is 15.8. The molecule has 1 saturated heterocycles. The van der Waals surface area contributed by atoms with Crippen LogP contribution in [0.1, 0.15) is 44.7 Å². The fraction of sp³-hybridized carbons (Fsp3) is 0.312. The van der Waals surface area contributed by atoms with Crippen LogP contribution >= 0.6 is 11.3 Å². The van der Waals surface area contributed by atoms with Crippen LogP contribution in [-0.4, -0.2) is 48.6 Å². The van der Waals surface area contributed by atoms with Gasteiger partial charge < -0.3 is 4.90 Å². The quantitative estimate of drug-likeness (QED) is 0.275. The Labute approximate surface area is 255 Å². The summed E-state index contributed by atoms with van der Waals surface area (Å²) in [6.07, 6.45) is 0.457. The molecule has 11 heteroatoms. The van der Waals surface area contributed by atoms with E-state index in [2.05, 4.69) is 6.07 Å². The number of nitrogens with two attached hydrogens (primary N) is 1. The van der Waals surface area contributed by atoms with Crippen LogP contribution < -0.4 is 10.0 Å². The lowest BCUT2D eigenvalue weighted by atomic mass is 9.91. The molecule has 0 aliphatic carbocycles. The summed E-state index contributed by atoms with van der Waals surface area (Å²) in [5.41, 5.74) is 3.85. The van der Waals surface area contributed by atoms with Crippen molar-refractivity contribution >= 4 is 55.0 Å². The number of primary sulfonamides is 1. The van der Waals surface area contributed by atoms with Gasteiger partial charge in [0.1, 0.15) is 11.0 Å². The molecule has 2 heterocycles. The summed E-state index contributed by atoms with van der Waals surface area (Å²) in [5, 5.41) is 6.05. The highest BCUT2D eigenvalue weighted by Crippen LogP contribution is 2.33. The van der Waals surface area contributed by atoms with E-state index >= 15 is 0 Å². The van der Waals surface area contributed by atoms with Crippen molar-refractivity contribution in [3.63, 3.8) is 0 Å². The Balaban J connectivity index is 1.36. The number of anilines is 1. The molecule has 1 fully saturated rings. The SMILES string of the molecule is Cc1ccc2nc(-c3ccc(N4C(=O)CC(N(CCc5ccc(S(N)(=O)=O)cc5)C(=O)CC(C)(C)C)C4=O)cc3)sc2c1. The van der Waals surface area contributed by atoms with Crippen molar-refractivity contribution in [3.8, 4) is 10.6 Å². The Hall–Kier alpha value is -3.93. The monoisotopic (exact) mass is 618 g/mol. The molecular weight excluding hydrogens is 585 g/mol. The number of nitrogens with zero attached hydrogens (tertiary/aromatic N) is 3. The highest BCUT2D eigenvalue weighted by Gasteiger charge is 2.44. The van der Waals surface area contributed by atoms with Crippen LogP contribution in [0.3, 0.4) is 0 Å². The fourth-order valence-electron chi connectivity index (χ4n) is 5.14. The van der Waals surface area contributed by atoms with E-state index in [0.29, 0.717) is 12.1 Å². The molecule has 1 aromatic heterocycles. The molecule has 0 bridgehead atoms. The van der Waals surface area contributed by atoms with Gasteiger partial charge in [-0.1, -0.05) is 39.0 Å². The first-order chi connectivity index (χ1) is 20.2. The van der Waals surface area contributed by atoms with Crippen LogP contribution in [-0.2, 0) is 30.8 Å². The van der Waals surface area contributed by atoms with Gasteiger partial charge >= 0.3 is 0 Å². The summed E-state index contributed by atoms with van der Waals surface area (Å²) < 4.78 is 24.3. The number of hydrogen-bond donors (Lipinski definition) is 1. The smallest absolute Gasteiger partial charge is 0.257 e. The zero-order valence-corrected chi connectivity index (χ0v) is 26.2. The fourth-order valence-corrected chi connectivity index (χ4v) is 6.73. The third-order valence-corrected chi connectivity index (χ3v) is 9.31. The van der Waals surface area contributed by atoms with E-state index in [4.69, 9.17) is 10.1 Å². The summed E-state index contributed by atoms with van der Waals surface area (Å²) in [4.78, 5) is 47.8. The van der Waals surface area contributed by atoms with E-state index in [1.807, 2.05) is 52.0 Å². The number of sulfonamides is 1. The zero-order valence-electron chi connectivity index (χ0n) is 24.5. The molecular formula is C32H34N4O5S2. The summed E-state index contributed by atoms with van der Waals surface area (Å²) in [7, 11) is -3.83. The van der Waals surface area contributed by atoms with Gasteiger partial charge in [0.15, 0.2) is 0 Å². The molecule has 0 saturated carbocycles. The van der Waals surface area contributed by atoms with Crippen LogP contribution in [0, 0.1) is 12.3 Å². The molecule has 0 radical (unpaired) electrons. The highest BCUT2D eigenvalue weighted by atomic mass is 32.2. The lowest BCUT2D eigenvalue weighted by molar-refractivity contribution is -0.139. The molecule has 1 atom stereocenters. The molecule has 4 aromatic rings. The minimum absolute atomic E-state index is 0.00613. The van der Waals surface area contributed by atoms with Crippen molar-refractivity contribution in [2.75, 3.05) is 11.4 Å². The van der Waals surface area contributed by atoms with E-state index in [1.54, 1.807) is 35.6 Å². The van der Waals surface area contributed by atoms with Crippen molar-refractivity contribution in [1.82, 2.24) is 9.88 Å². The lowest BCUT2D eigenvalue weighted by Gasteiger charge is -2.30. The molecule has 1 unspecified atom stereocenters. The summed E-state index contributed by atoms with van der Waals surface area (Å²) in [5.74, 6) is -1.03. The van der Waals surface area contributed by atoms with E-state index in [9.17, 15) is 22.8 Å². The molecule has 43 heavy (non-hydrogen) atoms. The predicted molar refractivity (Wildman–Crippen MR) is 168 cm³/mol. The molecule has 3 amide bonds. The summed E-state index contributed by atoms with van der Waals surface area (Å²) >= 11 is 1.58. The van der Waals surface area contributed by atoms with Crippen molar-refractivity contribution in [2.45, 2.75) is 57.9 Å². The van der Waals surface area contributed by atoms with Gasteiger partial charge in [-0.3, -0.25) is 14.4 Å². The number of carbonyl (C=O) groups is 3. The number of hydrogen-bond acceptors (Lipinski definition) is 7. The maximum absolute atomic E-state index is 13.7. The average Bonchev–Trinajstić information content (AvgIpc) is 3.47. The van der Waals surface area contributed by atoms with Gasteiger partial charge in [0.25, 0.3) is 5.91 Å². The highest BCUT2D eigenvalue weighted by molar-refractivity contribution is 7.89. The number of carbonyl (C=O) groups excluding carboxylic acids is 3. The molecule has 0 spiro atoms. The van der Waals surface area contributed by atoms with Crippen LogP contribution in [0.2, 0.25) is 0 Å². The first-order valence-electron chi connectivity index (χ1n) is 14.0. The van der Waals surface area contributed by atoms with Gasteiger partial charge in [-0.2, -0.15) is 0 Å². The lowest BCUT2D eigenvalue weighted by Crippen LogP contribution is -2.47. The number of aromatic nitrogens is 1. The van der Waals surface area contributed by atoms with E-state index in [-0.39, 0.29) is 41.5 Å². The van der Waals surface area contributed by atoms with Crippen molar-refractivity contribution < 1.29 is 22.8 Å². The van der Waals surface area contributed by atoms with Gasteiger partial charge in [0.05, 0.1) is 27.2 Å². The van der Waals surface area contributed by atoms with E-state index in [1.165, 1.54) is 17.0 Å². The number of amides is 3. The third-order valence-electron chi connectivity index (χ3n) is 7.31. The number of thiazole rings is 1. The van der Waals surface area contributed by atoms with Gasteiger partial charge in [0.2, 0.25) is 21.8 Å². The maximum atomic E-state index is 13.7. The predicted octanol–water partition coefficient (Wildman–Crippen LogP) is 5.06. The topological polar surface area (TPSA) is 131 Å². The average molecular weight is 619 g/mol. The van der Waals surface area contributed by atoms with Gasteiger partial charge in [-0.25, -0.2) is 23.4 Å². The summed E-state index contributed by atoms with van der Waals surface area (Å²) in [6.45, 7) is 8.05. The van der Waals surface area contributed by atoms with Crippen LogP contribution in [0.4, 0.5) is 5.69 Å². The van der Waals surface area contributed by atoms with Crippen LogP contribution in [0.15, 0.2) is 71.6 Å². The van der Waals surface area contributed by atoms with E-state index in [0.717, 1.165) is 36.8 Å².